The lowest BCUT2D eigenvalue weighted by Gasteiger charge is -2.08. The normalized spacial score (nSPS) is 10.4. The van der Waals surface area contributed by atoms with Crippen molar-refractivity contribution >= 4 is 5.97 Å². The number of unbranched alkanes of at least 4 members (excludes halogenated alkanes) is 3. The summed E-state index contributed by atoms with van der Waals surface area (Å²) < 4.78 is 10.8. The first kappa shape index (κ1) is 15.5. The number of para-hydroxylation sites is 1. The van der Waals surface area contributed by atoms with Crippen molar-refractivity contribution in [2.45, 2.75) is 32.6 Å². The molecule has 1 N–H and O–H groups in total. The zero-order valence-corrected chi connectivity index (χ0v) is 11.4. The van der Waals surface area contributed by atoms with Gasteiger partial charge in [-0.2, -0.15) is 0 Å². The predicted octanol–water partition coefficient (Wildman–Crippen LogP) is 3.36. The molecule has 0 unspecified atom stereocenters. The number of rotatable bonds is 10. The SMILES string of the molecule is CCOCCCCCCOc1ccccc1C(=O)O. The number of hydrogen-bond acceptors (Lipinski definition) is 3. The molecule has 0 saturated carbocycles. The number of carbonyl (C=O) groups is 1. The molecule has 1 rings (SSSR count). The molecule has 0 aliphatic carbocycles. The van der Waals surface area contributed by atoms with Gasteiger partial charge in [-0.1, -0.05) is 18.6 Å². The highest BCUT2D eigenvalue weighted by molar-refractivity contribution is 5.90. The Morgan fingerprint density at radius 1 is 1.11 bits per heavy atom. The lowest BCUT2D eigenvalue weighted by atomic mass is 10.2. The van der Waals surface area contributed by atoms with Gasteiger partial charge in [0.2, 0.25) is 0 Å². The van der Waals surface area contributed by atoms with E-state index in [1.165, 1.54) is 0 Å². The topological polar surface area (TPSA) is 55.8 Å². The van der Waals surface area contributed by atoms with E-state index in [0.29, 0.717) is 12.4 Å². The Morgan fingerprint density at radius 2 is 1.79 bits per heavy atom. The van der Waals surface area contributed by atoms with E-state index >= 15 is 0 Å². The molecule has 0 bridgehead atoms. The minimum absolute atomic E-state index is 0.221. The Balaban J connectivity index is 2.17. The van der Waals surface area contributed by atoms with E-state index in [1.54, 1.807) is 24.3 Å². The van der Waals surface area contributed by atoms with Gasteiger partial charge in [-0.05, 0) is 38.3 Å². The maximum absolute atomic E-state index is 11.0. The zero-order valence-electron chi connectivity index (χ0n) is 11.4. The Bertz CT molecular complexity index is 376. The maximum Gasteiger partial charge on any atom is 0.339 e. The zero-order chi connectivity index (χ0) is 13.9. The summed E-state index contributed by atoms with van der Waals surface area (Å²) in [5, 5.41) is 8.99. The van der Waals surface area contributed by atoms with Crippen LogP contribution in [-0.4, -0.2) is 30.9 Å². The molecule has 0 heterocycles. The Labute approximate surface area is 114 Å². The van der Waals surface area contributed by atoms with Gasteiger partial charge in [0.05, 0.1) is 6.61 Å². The molecule has 19 heavy (non-hydrogen) atoms. The summed E-state index contributed by atoms with van der Waals surface area (Å²) >= 11 is 0. The standard InChI is InChI=1S/C15H22O4/c1-2-18-11-7-3-4-8-12-19-14-10-6-5-9-13(14)15(16)17/h5-6,9-10H,2-4,7-8,11-12H2,1H3,(H,16,17). The van der Waals surface area contributed by atoms with Crippen LogP contribution in [0.2, 0.25) is 0 Å². The van der Waals surface area contributed by atoms with Crippen molar-refractivity contribution in [2.75, 3.05) is 19.8 Å². The molecule has 0 spiro atoms. The number of ether oxygens (including phenoxy) is 2. The number of carboxylic acid groups (broad SMARTS) is 1. The highest BCUT2D eigenvalue weighted by atomic mass is 16.5. The lowest BCUT2D eigenvalue weighted by Crippen LogP contribution is -2.04. The van der Waals surface area contributed by atoms with E-state index < -0.39 is 5.97 Å². The van der Waals surface area contributed by atoms with Crippen molar-refractivity contribution in [2.24, 2.45) is 0 Å². The molecule has 0 atom stereocenters. The average Bonchev–Trinajstić information content (AvgIpc) is 2.42. The van der Waals surface area contributed by atoms with Gasteiger partial charge in [-0.3, -0.25) is 0 Å². The van der Waals surface area contributed by atoms with Crippen molar-refractivity contribution in [1.82, 2.24) is 0 Å². The van der Waals surface area contributed by atoms with Gasteiger partial charge in [0.15, 0.2) is 0 Å². The molecule has 0 radical (unpaired) electrons. The van der Waals surface area contributed by atoms with Crippen LogP contribution in [0.4, 0.5) is 0 Å². The van der Waals surface area contributed by atoms with Crippen LogP contribution in [0.5, 0.6) is 5.75 Å². The predicted molar refractivity (Wildman–Crippen MR) is 73.9 cm³/mol. The largest absolute Gasteiger partial charge is 0.493 e. The quantitative estimate of drug-likeness (QED) is 0.660. The van der Waals surface area contributed by atoms with E-state index in [1.807, 2.05) is 6.92 Å². The minimum atomic E-state index is -0.952. The molecule has 0 amide bonds. The fourth-order valence-corrected chi connectivity index (χ4v) is 1.76. The number of hydrogen-bond donors (Lipinski definition) is 1. The third-order valence-corrected chi connectivity index (χ3v) is 2.76. The van der Waals surface area contributed by atoms with E-state index in [2.05, 4.69) is 0 Å². The molecule has 4 nitrogen and oxygen atoms in total. The van der Waals surface area contributed by atoms with Crippen LogP contribution in [0.1, 0.15) is 43.0 Å². The van der Waals surface area contributed by atoms with Gasteiger partial charge in [-0.15, -0.1) is 0 Å². The Morgan fingerprint density at radius 3 is 2.47 bits per heavy atom. The van der Waals surface area contributed by atoms with Crippen molar-refractivity contribution in [3.63, 3.8) is 0 Å². The van der Waals surface area contributed by atoms with E-state index in [-0.39, 0.29) is 5.56 Å². The van der Waals surface area contributed by atoms with Gasteiger partial charge in [0, 0.05) is 13.2 Å². The summed E-state index contributed by atoms with van der Waals surface area (Å²) in [5.74, 6) is -0.503. The summed E-state index contributed by atoms with van der Waals surface area (Å²) in [5.41, 5.74) is 0.221. The first-order valence-corrected chi connectivity index (χ1v) is 6.78. The third-order valence-electron chi connectivity index (χ3n) is 2.76. The van der Waals surface area contributed by atoms with Crippen LogP contribution in [0.25, 0.3) is 0 Å². The molecule has 0 aromatic heterocycles. The van der Waals surface area contributed by atoms with Crippen molar-refractivity contribution < 1.29 is 19.4 Å². The number of carboxylic acids is 1. The monoisotopic (exact) mass is 266 g/mol. The molecular formula is C15H22O4. The fraction of sp³-hybridized carbons (Fsp3) is 0.533. The van der Waals surface area contributed by atoms with Crippen molar-refractivity contribution in [3.8, 4) is 5.75 Å². The summed E-state index contributed by atoms with van der Waals surface area (Å²) in [4.78, 5) is 11.0. The first-order valence-electron chi connectivity index (χ1n) is 6.78. The molecule has 0 saturated heterocycles. The second-order valence-corrected chi connectivity index (χ2v) is 4.26. The smallest absolute Gasteiger partial charge is 0.339 e. The van der Waals surface area contributed by atoms with Gasteiger partial charge in [-0.25, -0.2) is 4.79 Å². The molecule has 1 aromatic carbocycles. The second kappa shape index (κ2) is 9.39. The van der Waals surface area contributed by atoms with Crippen molar-refractivity contribution in [1.29, 1.82) is 0 Å². The first-order chi connectivity index (χ1) is 9.25. The molecule has 0 aliphatic rings. The van der Waals surface area contributed by atoms with Crippen LogP contribution >= 0.6 is 0 Å². The average molecular weight is 266 g/mol. The fourth-order valence-electron chi connectivity index (χ4n) is 1.76. The Hall–Kier alpha value is -1.55. The van der Waals surface area contributed by atoms with Crippen LogP contribution < -0.4 is 4.74 Å². The summed E-state index contributed by atoms with van der Waals surface area (Å²) in [6, 6.07) is 6.73. The van der Waals surface area contributed by atoms with Gasteiger partial charge in [0.25, 0.3) is 0 Å². The van der Waals surface area contributed by atoms with Crippen LogP contribution in [0.3, 0.4) is 0 Å². The summed E-state index contributed by atoms with van der Waals surface area (Å²) in [7, 11) is 0. The van der Waals surface area contributed by atoms with Crippen molar-refractivity contribution in [3.05, 3.63) is 29.8 Å². The molecule has 0 fully saturated rings. The summed E-state index contributed by atoms with van der Waals surface area (Å²) in [6.45, 7) is 4.14. The second-order valence-electron chi connectivity index (χ2n) is 4.26. The van der Waals surface area contributed by atoms with Gasteiger partial charge >= 0.3 is 5.97 Å². The van der Waals surface area contributed by atoms with Gasteiger partial charge in [0.1, 0.15) is 11.3 Å². The van der Waals surface area contributed by atoms with E-state index in [9.17, 15) is 4.79 Å². The molecular weight excluding hydrogens is 244 g/mol. The highest BCUT2D eigenvalue weighted by Crippen LogP contribution is 2.18. The minimum Gasteiger partial charge on any atom is -0.493 e. The molecule has 0 aliphatic heterocycles. The highest BCUT2D eigenvalue weighted by Gasteiger charge is 2.09. The lowest BCUT2D eigenvalue weighted by molar-refractivity contribution is 0.0692. The van der Waals surface area contributed by atoms with E-state index in [4.69, 9.17) is 14.6 Å². The molecule has 1 aromatic rings. The molecule has 106 valence electrons. The number of benzene rings is 1. The van der Waals surface area contributed by atoms with Crippen LogP contribution in [-0.2, 0) is 4.74 Å². The van der Waals surface area contributed by atoms with Crippen LogP contribution in [0.15, 0.2) is 24.3 Å². The Kier molecular flexibility index (Phi) is 7.66. The van der Waals surface area contributed by atoms with Gasteiger partial charge < -0.3 is 14.6 Å². The maximum atomic E-state index is 11.0. The van der Waals surface area contributed by atoms with Crippen LogP contribution in [0, 0.1) is 0 Å². The number of aromatic carboxylic acids is 1. The van der Waals surface area contributed by atoms with E-state index in [0.717, 1.165) is 38.9 Å². The molecule has 4 heteroatoms. The summed E-state index contributed by atoms with van der Waals surface area (Å²) in [6.07, 6.45) is 4.19. The third kappa shape index (κ3) is 6.25.